The molecule has 0 saturated heterocycles. The molecule has 2 aromatic carbocycles. The summed E-state index contributed by atoms with van der Waals surface area (Å²) in [5.41, 5.74) is 1.16. The Labute approximate surface area is 194 Å². The number of carboxylic acids is 2. The van der Waals surface area contributed by atoms with E-state index in [4.69, 9.17) is 24.4 Å². The molecule has 8 nitrogen and oxygen atoms in total. The molecule has 2 aromatic rings. The van der Waals surface area contributed by atoms with Gasteiger partial charge in [0.15, 0.2) is 11.5 Å². The van der Waals surface area contributed by atoms with Crippen LogP contribution in [0, 0.1) is 0 Å². The summed E-state index contributed by atoms with van der Waals surface area (Å²) in [7, 11) is 4.65. The van der Waals surface area contributed by atoms with Crippen molar-refractivity contribution < 1.29 is 47.2 Å². The van der Waals surface area contributed by atoms with Crippen molar-refractivity contribution >= 4 is 11.9 Å². The second-order valence-electron chi connectivity index (χ2n) is 6.66. The first-order chi connectivity index (χ1) is 16.0. The molecule has 3 N–H and O–H groups in total. The Kier molecular flexibility index (Phi) is 11.4. The van der Waals surface area contributed by atoms with Crippen LogP contribution >= 0.6 is 0 Å². The molecule has 0 heterocycles. The third-order valence-corrected chi connectivity index (χ3v) is 4.29. The van der Waals surface area contributed by atoms with Gasteiger partial charge in [0.05, 0.1) is 26.9 Å². The van der Waals surface area contributed by atoms with E-state index in [1.54, 1.807) is 21.3 Å². The first kappa shape index (κ1) is 28.3. The number of nitrogens with one attached hydrogen (secondary N) is 1. The van der Waals surface area contributed by atoms with Crippen LogP contribution in [0.1, 0.15) is 16.7 Å². The fourth-order valence-electron chi connectivity index (χ4n) is 2.71. The van der Waals surface area contributed by atoms with Gasteiger partial charge in [-0.1, -0.05) is 12.1 Å². The van der Waals surface area contributed by atoms with E-state index in [1.165, 1.54) is 12.1 Å². The Bertz CT molecular complexity index is 933. The molecule has 11 heteroatoms. The fourth-order valence-corrected chi connectivity index (χ4v) is 2.71. The van der Waals surface area contributed by atoms with Gasteiger partial charge in [-0.25, -0.2) is 9.59 Å². The topological polar surface area (TPSA) is 114 Å². The van der Waals surface area contributed by atoms with Gasteiger partial charge in [-0.2, -0.15) is 13.2 Å². The van der Waals surface area contributed by atoms with Gasteiger partial charge in [0.25, 0.3) is 0 Å². The van der Waals surface area contributed by atoms with Crippen LogP contribution in [0.2, 0.25) is 0 Å². The van der Waals surface area contributed by atoms with Crippen molar-refractivity contribution in [3.8, 4) is 17.2 Å². The number of aliphatic carboxylic acids is 2. The Balaban J connectivity index is 0.000000620. The van der Waals surface area contributed by atoms with E-state index < -0.39 is 23.7 Å². The van der Waals surface area contributed by atoms with E-state index in [-0.39, 0.29) is 0 Å². The Hall–Kier alpha value is -3.73. The number of halogens is 3. The predicted molar refractivity (Wildman–Crippen MR) is 117 cm³/mol. The third-order valence-electron chi connectivity index (χ3n) is 4.29. The Morgan fingerprint density at radius 1 is 0.882 bits per heavy atom. The monoisotopic (exact) mass is 485 g/mol. The van der Waals surface area contributed by atoms with Crippen molar-refractivity contribution in [2.45, 2.75) is 19.1 Å². The molecule has 0 bridgehead atoms. The van der Waals surface area contributed by atoms with E-state index in [9.17, 15) is 22.8 Å². The van der Waals surface area contributed by atoms with Crippen molar-refractivity contribution in [2.24, 2.45) is 0 Å². The van der Waals surface area contributed by atoms with Crippen LogP contribution in [0.4, 0.5) is 13.2 Å². The summed E-state index contributed by atoms with van der Waals surface area (Å²) in [6.07, 6.45) is -2.56. The first-order valence-electron chi connectivity index (χ1n) is 9.81. The lowest BCUT2D eigenvalue weighted by Crippen LogP contribution is -2.17. The molecule has 2 rings (SSSR count). The van der Waals surface area contributed by atoms with Crippen LogP contribution in [0.15, 0.2) is 48.6 Å². The lowest BCUT2D eigenvalue weighted by Gasteiger charge is -2.14. The minimum atomic E-state index is -4.30. The summed E-state index contributed by atoms with van der Waals surface area (Å²) < 4.78 is 53.5. The van der Waals surface area contributed by atoms with Crippen LogP contribution in [0.25, 0.3) is 0 Å². The van der Waals surface area contributed by atoms with Gasteiger partial charge in [0.1, 0.15) is 0 Å². The van der Waals surface area contributed by atoms with Crippen LogP contribution in [0.5, 0.6) is 17.2 Å². The van der Waals surface area contributed by atoms with Crippen molar-refractivity contribution in [3.63, 3.8) is 0 Å². The molecule has 0 fully saturated rings. The lowest BCUT2D eigenvalue weighted by molar-refractivity contribution is -0.137. The molecule has 0 saturated carbocycles. The highest BCUT2D eigenvalue weighted by atomic mass is 19.4. The largest absolute Gasteiger partial charge is 0.493 e. The molecule has 0 atom stereocenters. The van der Waals surface area contributed by atoms with Gasteiger partial charge in [0.2, 0.25) is 5.75 Å². The van der Waals surface area contributed by atoms with E-state index in [1.807, 2.05) is 12.1 Å². The van der Waals surface area contributed by atoms with Crippen LogP contribution in [-0.4, -0.2) is 50.0 Å². The highest BCUT2D eigenvalue weighted by Crippen LogP contribution is 2.38. The number of alkyl halides is 3. The summed E-state index contributed by atoms with van der Waals surface area (Å²) in [5, 5.41) is 18.9. The van der Waals surface area contributed by atoms with Crippen molar-refractivity contribution in [1.82, 2.24) is 5.32 Å². The van der Waals surface area contributed by atoms with Crippen molar-refractivity contribution in [2.75, 3.05) is 27.9 Å². The van der Waals surface area contributed by atoms with Crippen LogP contribution < -0.4 is 19.5 Å². The molecular formula is C23H26F3NO7. The zero-order valence-electron chi connectivity index (χ0n) is 18.8. The molecule has 0 aromatic heterocycles. The quantitative estimate of drug-likeness (QED) is 0.344. The molecule has 0 spiro atoms. The summed E-state index contributed by atoms with van der Waals surface area (Å²) >= 11 is 0. The summed E-state index contributed by atoms with van der Waals surface area (Å²) in [6, 6.07) is 8.93. The second kappa shape index (κ2) is 13.7. The number of hydrogen-bond acceptors (Lipinski definition) is 6. The molecule has 0 radical (unpaired) electrons. The smallest absolute Gasteiger partial charge is 0.416 e. The van der Waals surface area contributed by atoms with Crippen LogP contribution in [0.3, 0.4) is 0 Å². The number of carboxylic acid groups (broad SMARTS) is 2. The number of benzene rings is 2. The summed E-state index contributed by atoms with van der Waals surface area (Å²) in [5.74, 6) is -0.832. The van der Waals surface area contributed by atoms with E-state index >= 15 is 0 Å². The highest BCUT2D eigenvalue weighted by molar-refractivity contribution is 5.89. The molecule has 34 heavy (non-hydrogen) atoms. The molecule has 0 amide bonds. The fraction of sp³-hybridized carbons (Fsp3) is 0.304. The summed E-state index contributed by atoms with van der Waals surface area (Å²) in [4.78, 5) is 19.1. The summed E-state index contributed by atoms with van der Waals surface area (Å²) in [6.45, 7) is 1.19. The second-order valence-corrected chi connectivity index (χ2v) is 6.66. The third kappa shape index (κ3) is 9.82. The van der Waals surface area contributed by atoms with E-state index in [0.29, 0.717) is 48.9 Å². The van der Waals surface area contributed by atoms with Gasteiger partial charge in [-0.3, -0.25) is 0 Å². The number of rotatable bonds is 10. The van der Waals surface area contributed by atoms with Gasteiger partial charge < -0.3 is 29.7 Å². The standard InChI is InChI=1S/C19H22F3NO3.C4H4O4/c1-24-16-10-14(11-17(25-2)18(16)26-3)12-23-9-8-13-4-6-15(7-5-13)19(20,21)22;5-3(6)1-2-4(7)8/h4-7,10-11,23H,8-9,12H2,1-3H3;1-2H,(H,5,6)(H,7,8). The molecule has 0 aliphatic rings. The number of carbonyl (C=O) groups is 2. The minimum absolute atomic E-state index is 0.531. The maximum Gasteiger partial charge on any atom is 0.416 e. The normalized spacial score (nSPS) is 10.9. The van der Waals surface area contributed by atoms with Gasteiger partial charge in [-0.15, -0.1) is 0 Å². The van der Waals surface area contributed by atoms with Crippen LogP contribution in [-0.2, 0) is 28.7 Å². The first-order valence-corrected chi connectivity index (χ1v) is 9.81. The van der Waals surface area contributed by atoms with E-state index in [0.717, 1.165) is 23.3 Å². The maximum absolute atomic E-state index is 12.5. The molecule has 186 valence electrons. The SMILES string of the molecule is COc1cc(CNCCc2ccc(C(F)(F)F)cc2)cc(OC)c1OC.O=C(O)C=CC(=O)O. The molecule has 0 aliphatic carbocycles. The molecule has 0 unspecified atom stereocenters. The molecular weight excluding hydrogens is 459 g/mol. The molecule has 0 aliphatic heterocycles. The Morgan fingerprint density at radius 2 is 1.38 bits per heavy atom. The zero-order chi connectivity index (χ0) is 25.7. The Morgan fingerprint density at radius 3 is 1.76 bits per heavy atom. The average molecular weight is 485 g/mol. The van der Waals surface area contributed by atoms with Gasteiger partial charge in [-0.05, 0) is 48.4 Å². The predicted octanol–water partition coefficient (Wildman–Crippen LogP) is 3.78. The lowest BCUT2D eigenvalue weighted by atomic mass is 10.1. The highest BCUT2D eigenvalue weighted by Gasteiger charge is 2.29. The maximum atomic E-state index is 12.5. The number of hydrogen-bond donors (Lipinski definition) is 3. The van der Waals surface area contributed by atoms with Gasteiger partial charge in [0, 0.05) is 18.7 Å². The van der Waals surface area contributed by atoms with Gasteiger partial charge >= 0.3 is 18.1 Å². The minimum Gasteiger partial charge on any atom is -0.493 e. The number of methoxy groups -OCH3 is 3. The number of ether oxygens (including phenoxy) is 3. The average Bonchev–Trinajstić information content (AvgIpc) is 2.79. The van der Waals surface area contributed by atoms with Crippen molar-refractivity contribution in [3.05, 3.63) is 65.2 Å². The van der Waals surface area contributed by atoms with E-state index in [2.05, 4.69) is 5.32 Å². The zero-order valence-corrected chi connectivity index (χ0v) is 18.8. The van der Waals surface area contributed by atoms with Crippen molar-refractivity contribution in [1.29, 1.82) is 0 Å².